The lowest BCUT2D eigenvalue weighted by molar-refractivity contribution is -0.385. The number of nitro benzene ring substituents is 2. The Morgan fingerprint density at radius 3 is 1.82 bits per heavy atom. The monoisotopic (exact) mass is 692 g/mol. The quantitative estimate of drug-likeness (QED) is 0.103. The largest absolute Gasteiger partial charge is 0.478 e. The third-order valence-corrected chi connectivity index (χ3v) is 7.43. The summed E-state index contributed by atoms with van der Waals surface area (Å²) in [5.74, 6) is -3.47. The zero-order valence-corrected chi connectivity index (χ0v) is 24.7. The maximum atomic E-state index is 14.3. The van der Waals surface area contributed by atoms with Crippen LogP contribution in [0.5, 0.6) is 23.0 Å². The molecule has 1 saturated heterocycles. The van der Waals surface area contributed by atoms with E-state index in [4.69, 9.17) is 9.47 Å². The molecule has 1 N–H and O–H groups in total. The normalized spacial score (nSPS) is 13.6. The predicted octanol–water partition coefficient (Wildman–Crippen LogP) is 8.15. The van der Waals surface area contributed by atoms with Crippen LogP contribution in [0.4, 0.5) is 49.1 Å². The molecule has 5 rings (SSSR count). The average molecular weight is 693 g/mol. The van der Waals surface area contributed by atoms with Crippen LogP contribution < -0.4 is 19.3 Å². The third kappa shape index (κ3) is 7.58. The molecule has 1 heterocycles. The van der Waals surface area contributed by atoms with E-state index in [0.717, 1.165) is 36.4 Å². The van der Waals surface area contributed by atoms with Gasteiger partial charge in [-0.05, 0) is 42.5 Å². The van der Waals surface area contributed by atoms with Crippen molar-refractivity contribution in [2.24, 2.45) is 0 Å². The van der Waals surface area contributed by atoms with Crippen molar-refractivity contribution in [3.05, 3.63) is 116 Å². The van der Waals surface area contributed by atoms with Crippen molar-refractivity contribution in [1.29, 1.82) is 0 Å². The fourth-order valence-electron chi connectivity index (χ4n) is 5.08. The van der Waals surface area contributed by atoms with Crippen molar-refractivity contribution < 1.29 is 55.6 Å². The summed E-state index contributed by atoms with van der Waals surface area (Å²) < 4.78 is 93.7. The molecule has 0 atom stereocenters. The number of hydrogen-bond donors (Lipinski definition) is 1. The van der Waals surface area contributed by atoms with E-state index in [9.17, 15) is 56.5 Å². The fraction of sp³-hybridized carbons (Fsp3) is 0.194. The standard InChI is InChI=1S/C31H22F6N4O8/c32-30(33,34)19-4-3-5-20(15-19)38-10-12-39(13-11-38)22-17-28(21(31(35,36)37)16-23(22)40(44)45)49-27-7-2-1-6-26(27)48-25-9-8-18(29(42)43)14-24(25)41(46)47/h1-9,14-17H,10-13H2,(H,42,43). The number of rotatable bonds is 9. The van der Waals surface area contributed by atoms with Crippen molar-refractivity contribution in [3.8, 4) is 23.0 Å². The highest BCUT2D eigenvalue weighted by Crippen LogP contribution is 2.47. The first-order valence-corrected chi connectivity index (χ1v) is 14.1. The Bertz CT molecular complexity index is 1930. The summed E-state index contributed by atoms with van der Waals surface area (Å²) in [7, 11) is 0. The van der Waals surface area contributed by atoms with Gasteiger partial charge in [-0.15, -0.1) is 0 Å². The van der Waals surface area contributed by atoms with Gasteiger partial charge in [0.25, 0.3) is 5.69 Å². The highest BCUT2D eigenvalue weighted by Gasteiger charge is 2.39. The lowest BCUT2D eigenvalue weighted by Gasteiger charge is -2.37. The molecule has 256 valence electrons. The van der Waals surface area contributed by atoms with E-state index in [0.29, 0.717) is 6.07 Å². The van der Waals surface area contributed by atoms with Gasteiger partial charge in [0.2, 0.25) is 5.75 Å². The summed E-state index contributed by atoms with van der Waals surface area (Å²) >= 11 is 0. The van der Waals surface area contributed by atoms with Gasteiger partial charge in [0.1, 0.15) is 17.0 Å². The van der Waals surface area contributed by atoms with E-state index in [1.807, 2.05) is 0 Å². The van der Waals surface area contributed by atoms with Crippen molar-refractivity contribution in [2.75, 3.05) is 36.0 Å². The maximum absolute atomic E-state index is 14.3. The number of anilines is 2. The Morgan fingerprint density at radius 2 is 1.27 bits per heavy atom. The number of ether oxygens (including phenoxy) is 2. The van der Waals surface area contributed by atoms with Crippen LogP contribution in [0.3, 0.4) is 0 Å². The van der Waals surface area contributed by atoms with Crippen LogP contribution in [0.15, 0.2) is 78.9 Å². The second kappa shape index (κ2) is 13.2. The maximum Gasteiger partial charge on any atom is 0.420 e. The first-order chi connectivity index (χ1) is 23.0. The van der Waals surface area contributed by atoms with Crippen molar-refractivity contribution in [1.82, 2.24) is 0 Å². The van der Waals surface area contributed by atoms with E-state index in [2.05, 4.69) is 0 Å². The van der Waals surface area contributed by atoms with E-state index < -0.39 is 67.7 Å². The average Bonchev–Trinajstić information content (AvgIpc) is 3.04. The van der Waals surface area contributed by atoms with Gasteiger partial charge in [-0.3, -0.25) is 20.2 Å². The van der Waals surface area contributed by atoms with E-state index >= 15 is 0 Å². The second-order valence-corrected chi connectivity index (χ2v) is 10.5. The van der Waals surface area contributed by atoms with Crippen LogP contribution in [0.1, 0.15) is 21.5 Å². The van der Waals surface area contributed by atoms with Gasteiger partial charge in [0.05, 0.1) is 21.0 Å². The minimum absolute atomic E-state index is 0.0163. The third-order valence-electron chi connectivity index (χ3n) is 7.43. The van der Waals surface area contributed by atoms with Gasteiger partial charge < -0.3 is 24.4 Å². The predicted molar refractivity (Wildman–Crippen MR) is 161 cm³/mol. The number of aromatic carboxylic acids is 1. The van der Waals surface area contributed by atoms with Gasteiger partial charge in [0, 0.05) is 50.1 Å². The molecule has 0 aromatic heterocycles. The van der Waals surface area contributed by atoms with Gasteiger partial charge in [-0.1, -0.05) is 18.2 Å². The van der Waals surface area contributed by atoms with E-state index in [1.54, 1.807) is 4.90 Å². The number of alkyl halides is 6. The Morgan fingerprint density at radius 1 is 0.673 bits per heavy atom. The van der Waals surface area contributed by atoms with Gasteiger partial charge in [0.15, 0.2) is 11.5 Å². The molecule has 4 aromatic rings. The first-order valence-electron chi connectivity index (χ1n) is 14.1. The number of carbonyl (C=O) groups is 1. The molecule has 0 aliphatic carbocycles. The topological polar surface area (TPSA) is 149 Å². The Kier molecular flexibility index (Phi) is 9.24. The van der Waals surface area contributed by atoms with Crippen LogP contribution in [-0.4, -0.2) is 47.1 Å². The Balaban J connectivity index is 1.48. The number of nitrogens with zero attached hydrogens (tertiary/aromatic N) is 4. The number of hydrogen-bond acceptors (Lipinski definition) is 9. The lowest BCUT2D eigenvalue weighted by Crippen LogP contribution is -2.46. The minimum Gasteiger partial charge on any atom is -0.478 e. The number of nitro groups is 2. The molecule has 18 heteroatoms. The molecule has 0 saturated carbocycles. The molecule has 0 unspecified atom stereocenters. The highest BCUT2D eigenvalue weighted by molar-refractivity contribution is 5.89. The summed E-state index contributed by atoms with van der Waals surface area (Å²) in [6.45, 7) is 0.118. The first kappa shape index (κ1) is 34.3. The van der Waals surface area contributed by atoms with Gasteiger partial charge in [-0.2, -0.15) is 26.3 Å². The molecule has 0 bridgehead atoms. The Hall–Kier alpha value is -6.07. The minimum atomic E-state index is -5.15. The van der Waals surface area contributed by atoms with E-state index in [-0.39, 0.29) is 49.1 Å². The molecule has 49 heavy (non-hydrogen) atoms. The number of benzene rings is 4. The van der Waals surface area contributed by atoms with Gasteiger partial charge in [-0.25, -0.2) is 4.79 Å². The number of carboxylic acids is 1. The molecular weight excluding hydrogens is 670 g/mol. The van der Waals surface area contributed by atoms with Crippen molar-refractivity contribution >= 4 is 28.7 Å². The van der Waals surface area contributed by atoms with Crippen LogP contribution in [0.2, 0.25) is 0 Å². The summed E-state index contributed by atoms with van der Waals surface area (Å²) in [5, 5.41) is 32.8. The van der Waals surface area contributed by atoms with Crippen LogP contribution in [0, 0.1) is 20.2 Å². The molecule has 12 nitrogen and oxygen atoms in total. The number of para-hydroxylation sites is 2. The molecule has 1 aliphatic rings. The molecule has 1 aliphatic heterocycles. The lowest BCUT2D eigenvalue weighted by atomic mass is 10.1. The summed E-state index contributed by atoms with van der Waals surface area (Å²) in [6.07, 6.45) is -9.74. The Labute approximate surface area is 271 Å². The second-order valence-electron chi connectivity index (χ2n) is 10.5. The summed E-state index contributed by atoms with van der Waals surface area (Å²) in [5.41, 5.74) is -4.48. The molecule has 0 amide bonds. The van der Waals surface area contributed by atoms with Crippen LogP contribution in [-0.2, 0) is 12.4 Å². The van der Waals surface area contributed by atoms with E-state index in [1.165, 1.54) is 41.3 Å². The fourth-order valence-corrected chi connectivity index (χ4v) is 5.08. The molecule has 1 fully saturated rings. The highest BCUT2D eigenvalue weighted by atomic mass is 19.4. The summed E-state index contributed by atoms with van der Waals surface area (Å²) in [6, 6.07) is 13.6. The SMILES string of the molecule is O=C(O)c1ccc(Oc2ccccc2Oc2cc(N3CCN(c4cccc(C(F)(F)F)c4)CC3)c([N+](=O)[O-])cc2C(F)(F)F)c([N+](=O)[O-])c1. The zero-order chi connectivity index (χ0) is 35.7. The zero-order valence-electron chi connectivity index (χ0n) is 24.7. The number of carboxylic acid groups (broad SMARTS) is 1. The van der Waals surface area contributed by atoms with Gasteiger partial charge >= 0.3 is 24.0 Å². The molecule has 0 radical (unpaired) electrons. The number of piperazine rings is 1. The number of halogens is 6. The van der Waals surface area contributed by atoms with Crippen molar-refractivity contribution in [3.63, 3.8) is 0 Å². The van der Waals surface area contributed by atoms with Crippen LogP contribution in [0.25, 0.3) is 0 Å². The molecule has 4 aromatic carbocycles. The smallest absolute Gasteiger partial charge is 0.420 e. The molecular formula is C31H22F6N4O8. The van der Waals surface area contributed by atoms with Crippen LogP contribution >= 0.6 is 0 Å². The summed E-state index contributed by atoms with van der Waals surface area (Å²) in [4.78, 5) is 36.0. The van der Waals surface area contributed by atoms with Crippen molar-refractivity contribution in [2.45, 2.75) is 12.4 Å². The molecule has 0 spiro atoms.